The average molecular weight is 551 g/mol. The van der Waals surface area contributed by atoms with Crippen LogP contribution in [0.15, 0.2) is 36.4 Å². The zero-order chi connectivity index (χ0) is 28.7. The number of hydrogen-bond acceptors (Lipinski definition) is 6. The van der Waals surface area contributed by atoms with Gasteiger partial charge in [0, 0.05) is 21.5 Å². The highest BCUT2D eigenvalue weighted by molar-refractivity contribution is 6.11. The molecule has 0 unspecified atom stereocenters. The van der Waals surface area contributed by atoms with E-state index in [1.165, 1.54) is 11.1 Å². The number of carbonyl (C=O) groups is 2. The predicted molar refractivity (Wildman–Crippen MR) is 161 cm³/mol. The van der Waals surface area contributed by atoms with Gasteiger partial charge in [-0.3, -0.25) is 0 Å². The molecule has 6 heteroatoms. The van der Waals surface area contributed by atoms with Gasteiger partial charge in [0.05, 0.1) is 13.2 Å². The Kier molecular flexibility index (Phi) is 13.1. The second kappa shape index (κ2) is 16.7. The molecule has 0 saturated carbocycles. The summed E-state index contributed by atoms with van der Waals surface area (Å²) in [5.74, 6) is 0.488. The van der Waals surface area contributed by atoms with Crippen molar-refractivity contribution < 1.29 is 28.5 Å². The Balaban J connectivity index is 1.90. The smallest absolute Gasteiger partial charge is 0.344 e. The first-order chi connectivity index (χ1) is 19.5. The molecule has 3 rings (SSSR count). The van der Waals surface area contributed by atoms with Crippen molar-refractivity contribution in [2.75, 3.05) is 26.4 Å². The molecule has 0 radical (unpaired) electrons. The van der Waals surface area contributed by atoms with E-state index >= 15 is 0 Å². The van der Waals surface area contributed by atoms with E-state index in [-0.39, 0.29) is 25.2 Å². The van der Waals surface area contributed by atoms with Gasteiger partial charge in [0.25, 0.3) is 0 Å². The molecular weight excluding hydrogens is 504 g/mol. The van der Waals surface area contributed by atoms with E-state index in [0.29, 0.717) is 24.7 Å². The number of unbranched alkanes of at least 4 members (excludes halogenated alkanes) is 6. The third kappa shape index (κ3) is 8.61. The van der Waals surface area contributed by atoms with Gasteiger partial charge in [-0.05, 0) is 48.9 Å². The lowest BCUT2D eigenvalue weighted by molar-refractivity contribution is -0.147. The molecular formula is C34H46O6. The number of hydrogen-bond donors (Lipinski definition) is 0. The fourth-order valence-electron chi connectivity index (χ4n) is 4.98. The number of fused-ring (bicyclic) bond motifs is 2. The molecule has 0 aliphatic heterocycles. The molecule has 0 aliphatic rings. The van der Waals surface area contributed by atoms with Crippen LogP contribution in [0.5, 0.6) is 11.5 Å². The van der Waals surface area contributed by atoms with Gasteiger partial charge in [0.2, 0.25) is 0 Å². The summed E-state index contributed by atoms with van der Waals surface area (Å²) in [5.41, 5.74) is 2.43. The normalized spacial score (nSPS) is 11.1. The van der Waals surface area contributed by atoms with E-state index in [1.807, 2.05) is 24.3 Å². The monoisotopic (exact) mass is 550 g/mol. The van der Waals surface area contributed by atoms with Gasteiger partial charge in [-0.2, -0.15) is 0 Å². The first-order valence-corrected chi connectivity index (χ1v) is 15.1. The van der Waals surface area contributed by atoms with Gasteiger partial charge >= 0.3 is 11.9 Å². The molecule has 0 atom stereocenters. The van der Waals surface area contributed by atoms with E-state index < -0.39 is 0 Å². The van der Waals surface area contributed by atoms with Crippen LogP contribution in [-0.2, 0) is 31.9 Å². The minimum atomic E-state index is -0.378. The van der Waals surface area contributed by atoms with Crippen molar-refractivity contribution >= 4 is 33.5 Å². The van der Waals surface area contributed by atoms with Crippen LogP contribution in [-0.4, -0.2) is 38.4 Å². The summed E-state index contributed by atoms with van der Waals surface area (Å²) in [7, 11) is 0. The van der Waals surface area contributed by atoms with Crippen molar-refractivity contribution in [1.82, 2.24) is 0 Å². The van der Waals surface area contributed by atoms with Crippen LogP contribution in [0.4, 0.5) is 0 Å². The van der Waals surface area contributed by atoms with Gasteiger partial charge in [0.1, 0.15) is 11.5 Å². The van der Waals surface area contributed by atoms with E-state index in [9.17, 15) is 9.59 Å². The second-order valence-electron chi connectivity index (χ2n) is 10.2. The lowest BCUT2D eigenvalue weighted by Gasteiger charge is -2.19. The molecule has 0 aliphatic carbocycles. The zero-order valence-corrected chi connectivity index (χ0v) is 24.8. The minimum Gasteiger partial charge on any atom is -0.481 e. The maximum atomic E-state index is 12.5. The number of aryl methyl sites for hydroxylation is 2. The molecule has 6 nitrogen and oxygen atoms in total. The van der Waals surface area contributed by atoms with Crippen molar-refractivity contribution in [3.63, 3.8) is 0 Å². The SMILES string of the molecule is CCCCCCOC(=O)COc1c2ccccc2c(OCC(=O)OCCCCCC)c2cc(CC)c(CC)cc12. The Hall–Kier alpha value is -3.28. The lowest BCUT2D eigenvalue weighted by Crippen LogP contribution is -2.17. The molecule has 3 aromatic rings. The third-order valence-corrected chi connectivity index (χ3v) is 7.20. The molecule has 0 aromatic heterocycles. The Morgan fingerprint density at radius 2 is 1.00 bits per heavy atom. The lowest BCUT2D eigenvalue weighted by atomic mass is 9.93. The quantitative estimate of drug-likeness (QED) is 0.0905. The third-order valence-electron chi connectivity index (χ3n) is 7.20. The maximum absolute atomic E-state index is 12.5. The summed E-state index contributed by atoms with van der Waals surface area (Å²) in [6.07, 6.45) is 10.1. The van der Waals surface area contributed by atoms with Crippen LogP contribution >= 0.6 is 0 Å². The standard InChI is InChI=1S/C34H46O6/c1-5-9-11-15-19-37-31(35)23-39-33-27-17-13-14-18-28(27)34(40-24-32(36)38-20-16-12-10-6-2)30-22-26(8-4)25(7-3)21-29(30)33/h13-14,17-18,21-22H,5-12,15-16,19-20,23-24H2,1-4H3. The summed E-state index contributed by atoms with van der Waals surface area (Å²) in [6, 6.07) is 12.0. The molecule has 0 spiro atoms. The topological polar surface area (TPSA) is 71.1 Å². The highest BCUT2D eigenvalue weighted by Gasteiger charge is 2.20. The molecule has 0 bridgehead atoms. The Bertz CT molecular complexity index is 1150. The summed E-state index contributed by atoms with van der Waals surface area (Å²) in [5, 5.41) is 3.35. The van der Waals surface area contributed by atoms with Crippen molar-refractivity contribution in [3.8, 4) is 11.5 Å². The number of ether oxygens (including phenoxy) is 4. The van der Waals surface area contributed by atoms with Gasteiger partial charge in [-0.15, -0.1) is 0 Å². The van der Waals surface area contributed by atoms with Crippen LogP contribution in [0.25, 0.3) is 21.5 Å². The van der Waals surface area contributed by atoms with Crippen LogP contribution < -0.4 is 9.47 Å². The Labute approximate surface area is 239 Å². The molecule has 0 fully saturated rings. The highest BCUT2D eigenvalue weighted by atomic mass is 16.6. The first-order valence-electron chi connectivity index (χ1n) is 15.1. The Morgan fingerprint density at radius 3 is 1.38 bits per heavy atom. The summed E-state index contributed by atoms with van der Waals surface area (Å²) in [6.45, 7) is 9.04. The predicted octanol–water partition coefficient (Wildman–Crippen LogP) is 8.12. The first kappa shape index (κ1) is 31.3. The molecule has 3 aromatic carbocycles. The van der Waals surface area contributed by atoms with Crippen LogP contribution in [0.3, 0.4) is 0 Å². The summed E-state index contributed by atoms with van der Waals surface area (Å²) < 4.78 is 23.2. The molecule has 0 saturated heterocycles. The summed E-state index contributed by atoms with van der Waals surface area (Å²) >= 11 is 0. The van der Waals surface area contributed by atoms with E-state index in [0.717, 1.165) is 85.8 Å². The van der Waals surface area contributed by atoms with Gasteiger partial charge in [-0.1, -0.05) is 90.5 Å². The van der Waals surface area contributed by atoms with Crippen molar-refractivity contribution in [2.24, 2.45) is 0 Å². The maximum Gasteiger partial charge on any atom is 0.344 e. The number of benzene rings is 3. The highest BCUT2D eigenvalue weighted by Crippen LogP contribution is 2.44. The molecule has 0 amide bonds. The van der Waals surface area contributed by atoms with Crippen molar-refractivity contribution in [2.45, 2.75) is 91.9 Å². The van der Waals surface area contributed by atoms with Crippen LogP contribution in [0, 0.1) is 0 Å². The number of carbonyl (C=O) groups excluding carboxylic acids is 2. The number of rotatable bonds is 18. The van der Waals surface area contributed by atoms with Gasteiger partial charge in [0.15, 0.2) is 13.2 Å². The minimum absolute atomic E-state index is 0.172. The molecule has 218 valence electrons. The molecule has 0 N–H and O–H groups in total. The average Bonchev–Trinajstić information content (AvgIpc) is 2.97. The van der Waals surface area contributed by atoms with Crippen molar-refractivity contribution in [3.05, 3.63) is 47.5 Å². The molecule has 40 heavy (non-hydrogen) atoms. The van der Waals surface area contributed by atoms with Crippen LogP contribution in [0.2, 0.25) is 0 Å². The largest absolute Gasteiger partial charge is 0.481 e. The fraction of sp³-hybridized carbons (Fsp3) is 0.529. The number of esters is 2. The van der Waals surface area contributed by atoms with Gasteiger partial charge in [-0.25, -0.2) is 9.59 Å². The van der Waals surface area contributed by atoms with Gasteiger partial charge < -0.3 is 18.9 Å². The van der Waals surface area contributed by atoms with Crippen molar-refractivity contribution in [1.29, 1.82) is 0 Å². The van der Waals surface area contributed by atoms with Crippen LogP contribution in [0.1, 0.15) is 90.2 Å². The summed E-state index contributed by atoms with van der Waals surface area (Å²) in [4.78, 5) is 25.0. The Morgan fingerprint density at radius 1 is 0.575 bits per heavy atom. The zero-order valence-electron chi connectivity index (χ0n) is 24.8. The van der Waals surface area contributed by atoms with E-state index in [1.54, 1.807) is 0 Å². The fourth-order valence-corrected chi connectivity index (χ4v) is 4.98. The van der Waals surface area contributed by atoms with E-state index in [2.05, 4.69) is 39.8 Å². The molecule has 0 heterocycles. The van der Waals surface area contributed by atoms with E-state index in [4.69, 9.17) is 18.9 Å². The second-order valence-corrected chi connectivity index (χ2v) is 10.2.